The standard InChI is InChI=1S/C15H14ClNO2S/c16-12-4-2-1-3-11(12)14(15(18)19)17-7-5-13-10(9-17)6-8-20-13/h1-4,6,8,14H,5,7,9H2,(H,18,19)/t14-/m0/s1/i/hD. The molecule has 1 N–H and O–H groups in total. The van der Waals surface area contributed by atoms with Gasteiger partial charge in [0.15, 0.2) is 0 Å². The molecule has 1 aliphatic heterocycles. The van der Waals surface area contributed by atoms with Gasteiger partial charge in [-0.05, 0) is 35.1 Å². The van der Waals surface area contributed by atoms with E-state index < -0.39 is 12.0 Å². The van der Waals surface area contributed by atoms with Crippen molar-refractivity contribution < 1.29 is 9.90 Å². The first-order valence-electron chi connectivity index (χ1n) is 6.82. The van der Waals surface area contributed by atoms with Crippen LogP contribution in [0.3, 0.4) is 0 Å². The second kappa shape index (κ2) is 5.56. The molecular weight excluding hydrogens is 294 g/mol. The smallest absolute Gasteiger partial charge is 0.325 e. The van der Waals surface area contributed by atoms with Crippen LogP contribution in [-0.2, 0) is 17.8 Å². The van der Waals surface area contributed by atoms with E-state index in [0.29, 0.717) is 17.1 Å². The number of hydrogen-bond acceptors (Lipinski definition) is 4. The van der Waals surface area contributed by atoms with Gasteiger partial charge in [0, 0.05) is 23.0 Å². The molecule has 1 aromatic carbocycles. The van der Waals surface area contributed by atoms with Gasteiger partial charge < -0.3 is 5.11 Å². The predicted octanol–water partition coefficient (Wildman–Crippen LogP) is 3.59. The molecule has 0 spiro atoms. The zero-order valence-corrected chi connectivity index (χ0v) is 12.3. The van der Waals surface area contributed by atoms with Gasteiger partial charge in [-0.3, -0.25) is 9.69 Å². The lowest BCUT2D eigenvalue weighted by atomic mass is 10.0. The number of halogens is 1. The van der Waals surface area contributed by atoms with E-state index in [9.17, 15) is 4.79 Å². The van der Waals surface area contributed by atoms with Gasteiger partial charge in [-0.15, -0.1) is 11.3 Å². The summed E-state index contributed by atoms with van der Waals surface area (Å²) in [6, 6.07) is 8.67. The van der Waals surface area contributed by atoms with Crippen LogP contribution < -0.4 is 0 Å². The van der Waals surface area contributed by atoms with Crippen LogP contribution in [0.2, 0.25) is 5.02 Å². The third-order valence-electron chi connectivity index (χ3n) is 3.63. The van der Waals surface area contributed by atoms with E-state index in [-0.39, 0.29) is 0 Å². The molecule has 3 rings (SSSR count). The molecule has 2 heterocycles. The van der Waals surface area contributed by atoms with Crippen molar-refractivity contribution in [2.45, 2.75) is 19.0 Å². The Hall–Kier alpha value is -1.36. The predicted molar refractivity (Wildman–Crippen MR) is 80.3 cm³/mol. The van der Waals surface area contributed by atoms with Crippen molar-refractivity contribution in [3.63, 3.8) is 0 Å². The van der Waals surface area contributed by atoms with Crippen molar-refractivity contribution in [3.05, 3.63) is 56.7 Å². The second-order valence-electron chi connectivity index (χ2n) is 4.83. The Morgan fingerprint density at radius 3 is 3.10 bits per heavy atom. The topological polar surface area (TPSA) is 40.5 Å². The maximum atomic E-state index is 12.1. The highest BCUT2D eigenvalue weighted by Gasteiger charge is 2.31. The molecule has 0 saturated carbocycles. The zero-order chi connectivity index (χ0) is 14.8. The molecule has 0 bridgehead atoms. The quantitative estimate of drug-likeness (QED) is 0.942. The minimum absolute atomic E-state index is 0.518. The van der Waals surface area contributed by atoms with E-state index in [0.717, 1.165) is 13.0 Å². The molecular formula is C15H14ClNO2S. The Labute approximate surface area is 127 Å². The van der Waals surface area contributed by atoms with Crippen LogP contribution in [-0.4, -0.2) is 22.5 Å². The Balaban J connectivity index is 1.94. The van der Waals surface area contributed by atoms with Gasteiger partial charge in [0.25, 0.3) is 1.43 Å². The Kier molecular flexibility index (Phi) is 3.44. The number of thiophene rings is 1. The summed E-state index contributed by atoms with van der Waals surface area (Å²) >= 11 is 7.97. The number of carboxylic acid groups (broad SMARTS) is 1. The van der Waals surface area contributed by atoms with E-state index >= 15 is 0 Å². The monoisotopic (exact) mass is 308 g/mol. The van der Waals surface area contributed by atoms with Crippen LogP contribution in [0, 0.1) is 0 Å². The van der Waals surface area contributed by atoms with Gasteiger partial charge >= 0.3 is 5.97 Å². The van der Waals surface area contributed by atoms with Crippen molar-refractivity contribution in [2.75, 3.05) is 6.54 Å². The summed E-state index contributed by atoms with van der Waals surface area (Å²) in [4.78, 5) is 15.5. The number of fused-ring (bicyclic) bond motifs is 1. The van der Waals surface area contributed by atoms with E-state index in [4.69, 9.17) is 13.0 Å². The molecule has 2 aromatic rings. The summed E-state index contributed by atoms with van der Waals surface area (Å²) in [6.45, 7) is 1.42. The molecule has 0 saturated heterocycles. The number of benzene rings is 1. The minimum Gasteiger partial charge on any atom is -0.480 e. The number of aliphatic carboxylic acids is 1. The average Bonchev–Trinajstić information content (AvgIpc) is 2.97. The van der Waals surface area contributed by atoms with Gasteiger partial charge in [-0.25, -0.2) is 0 Å². The van der Waals surface area contributed by atoms with E-state index in [1.165, 1.54) is 10.4 Å². The number of nitrogens with zero attached hydrogens (tertiary/aromatic N) is 1. The molecule has 104 valence electrons. The Morgan fingerprint density at radius 1 is 1.45 bits per heavy atom. The molecule has 20 heavy (non-hydrogen) atoms. The average molecular weight is 309 g/mol. The van der Waals surface area contributed by atoms with Crippen LogP contribution >= 0.6 is 22.9 Å². The molecule has 1 atom stereocenters. The first kappa shape index (κ1) is 12.4. The van der Waals surface area contributed by atoms with Crippen molar-refractivity contribution in [3.8, 4) is 0 Å². The number of carboxylic acids is 1. The first-order valence-corrected chi connectivity index (χ1v) is 7.67. The van der Waals surface area contributed by atoms with E-state index in [2.05, 4.69) is 16.6 Å². The fourth-order valence-corrected chi connectivity index (χ4v) is 3.79. The van der Waals surface area contributed by atoms with Gasteiger partial charge in [0.05, 0.1) is 0 Å². The van der Waals surface area contributed by atoms with Crippen molar-refractivity contribution in [2.24, 2.45) is 0 Å². The van der Waals surface area contributed by atoms with Crippen LogP contribution in [0.5, 0.6) is 0 Å². The molecule has 1 aromatic heterocycles. The molecule has 0 amide bonds. The lowest BCUT2D eigenvalue weighted by Crippen LogP contribution is -2.37. The van der Waals surface area contributed by atoms with Gasteiger partial charge in [0.1, 0.15) is 6.04 Å². The van der Waals surface area contributed by atoms with Crippen LogP contribution in [0.25, 0.3) is 1.43 Å². The van der Waals surface area contributed by atoms with Crippen molar-refractivity contribution in [1.29, 1.82) is 1.43 Å². The summed E-state index contributed by atoms with van der Waals surface area (Å²) in [5.74, 6) is -0.596. The van der Waals surface area contributed by atoms with Crippen molar-refractivity contribution in [1.82, 2.24) is 4.90 Å². The zero-order valence-electron chi connectivity index (χ0n) is 11.7. The summed E-state index contributed by atoms with van der Waals surface area (Å²) in [5.41, 5.74) is 1.93. The molecule has 5 heteroatoms. The van der Waals surface area contributed by atoms with Crippen molar-refractivity contribution >= 4 is 28.9 Å². The fourth-order valence-electron chi connectivity index (χ4n) is 2.66. The molecule has 0 radical (unpaired) electrons. The van der Waals surface area contributed by atoms with Gasteiger partial charge in [0.2, 0.25) is 0 Å². The number of hydrogen-bond donors (Lipinski definition) is 1. The highest BCUT2D eigenvalue weighted by molar-refractivity contribution is 7.10. The van der Waals surface area contributed by atoms with Crippen LogP contribution in [0.4, 0.5) is 0 Å². The first-order chi connectivity index (χ1) is 10.2. The van der Waals surface area contributed by atoms with Gasteiger partial charge in [-0.2, -0.15) is 0 Å². The lowest BCUT2D eigenvalue weighted by Gasteiger charge is -2.32. The van der Waals surface area contributed by atoms with E-state index in [1.54, 1.807) is 17.4 Å². The second-order valence-corrected chi connectivity index (χ2v) is 6.24. The summed E-state index contributed by atoms with van der Waals surface area (Å²) in [6.07, 6.45) is 0.902. The maximum absolute atomic E-state index is 12.1. The maximum Gasteiger partial charge on any atom is 0.325 e. The molecule has 0 unspecified atom stereocenters. The number of carbonyl (C=O) groups is 1. The molecule has 3 nitrogen and oxygen atoms in total. The van der Waals surface area contributed by atoms with E-state index in [1.807, 2.05) is 23.1 Å². The molecule has 1 aliphatic rings. The summed E-state index contributed by atoms with van der Waals surface area (Å²) < 4.78 is 6.98. The van der Waals surface area contributed by atoms with Crippen LogP contribution in [0.1, 0.15) is 22.0 Å². The highest BCUT2D eigenvalue weighted by Crippen LogP contribution is 2.33. The van der Waals surface area contributed by atoms with Gasteiger partial charge in [-0.1, -0.05) is 29.8 Å². The Bertz CT molecular complexity index is 661. The largest absolute Gasteiger partial charge is 0.480 e. The SMILES string of the molecule is [2H]OC(=O)[C@H](c1ccccc1Cl)N1CCc2sccc2C1. The third kappa shape index (κ3) is 2.46. The summed E-state index contributed by atoms with van der Waals surface area (Å²) in [5, 5.41) is 6.85. The third-order valence-corrected chi connectivity index (χ3v) is 4.99. The lowest BCUT2D eigenvalue weighted by molar-refractivity contribution is -0.144. The summed E-state index contributed by atoms with van der Waals surface area (Å²) in [7, 11) is 0. The minimum atomic E-state index is -0.635. The highest BCUT2D eigenvalue weighted by atomic mass is 35.5. The Morgan fingerprint density at radius 2 is 2.30 bits per heavy atom. The normalized spacial score (nSPS) is 17.1. The fraction of sp³-hybridized carbons (Fsp3) is 0.267. The number of rotatable bonds is 3. The molecule has 0 fully saturated rings. The van der Waals surface area contributed by atoms with Crippen LogP contribution in [0.15, 0.2) is 35.7 Å². The molecule has 0 aliphatic carbocycles.